The minimum Gasteiger partial charge on any atom is -0.322 e. The maximum atomic E-state index is 6.07. The summed E-state index contributed by atoms with van der Waals surface area (Å²) >= 11 is 5.15. The zero-order valence-electron chi connectivity index (χ0n) is 8.06. The molecule has 15 heavy (non-hydrogen) atoms. The number of nitrogens with zero attached hydrogens (tertiary/aromatic N) is 1. The second-order valence-corrected chi connectivity index (χ2v) is 5.21. The lowest BCUT2D eigenvalue weighted by Gasteiger charge is -2.08. The third-order valence-electron chi connectivity index (χ3n) is 2.11. The van der Waals surface area contributed by atoms with Crippen LogP contribution in [0.5, 0.6) is 0 Å². The molecule has 2 N–H and O–H groups in total. The number of hydrogen-bond donors (Lipinski definition) is 1. The van der Waals surface area contributed by atoms with Gasteiger partial charge in [0.1, 0.15) is 0 Å². The van der Waals surface area contributed by atoms with Crippen molar-refractivity contribution in [2.45, 2.75) is 12.5 Å². The summed E-state index contributed by atoms with van der Waals surface area (Å²) in [5, 5.41) is 2.07. The van der Waals surface area contributed by atoms with Crippen LogP contribution in [0.1, 0.15) is 16.6 Å². The maximum absolute atomic E-state index is 6.07. The van der Waals surface area contributed by atoms with E-state index >= 15 is 0 Å². The van der Waals surface area contributed by atoms with E-state index in [0.29, 0.717) is 0 Å². The monoisotopic (exact) mass is 282 g/mol. The van der Waals surface area contributed by atoms with Crippen molar-refractivity contribution >= 4 is 27.3 Å². The molecule has 4 heteroatoms. The van der Waals surface area contributed by atoms with Crippen molar-refractivity contribution in [3.8, 4) is 0 Å². The second-order valence-electron chi connectivity index (χ2n) is 3.30. The number of pyridine rings is 1. The molecule has 0 aliphatic rings. The van der Waals surface area contributed by atoms with E-state index in [2.05, 4.69) is 32.4 Å². The lowest BCUT2D eigenvalue weighted by molar-refractivity contribution is 0.703. The average Bonchev–Trinajstić information content (AvgIpc) is 2.65. The van der Waals surface area contributed by atoms with Crippen molar-refractivity contribution in [3.63, 3.8) is 0 Å². The fraction of sp³-hybridized carbons (Fsp3) is 0.182. The SMILES string of the molecule is NC(Cc1cc(Br)cs1)c1ccccn1. The van der Waals surface area contributed by atoms with E-state index in [1.54, 1.807) is 17.5 Å². The van der Waals surface area contributed by atoms with Crippen LogP contribution < -0.4 is 5.73 Å². The molecule has 2 aromatic rings. The van der Waals surface area contributed by atoms with Gasteiger partial charge in [0.25, 0.3) is 0 Å². The van der Waals surface area contributed by atoms with E-state index in [0.717, 1.165) is 16.6 Å². The summed E-state index contributed by atoms with van der Waals surface area (Å²) in [6, 6.07) is 7.92. The molecular weight excluding hydrogens is 272 g/mol. The summed E-state index contributed by atoms with van der Waals surface area (Å²) in [7, 11) is 0. The molecule has 0 saturated carbocycles. The third-order valence-corrected chi connectivity index (χ3v) is 3.83. The van der Waals surface area contributed by atoms with Gasteiger partial charge in [0, 0.05) is 27.3 Å². The molecule has 0 aromatic carbocycles. The van der Waals surface area contributed by atoms with Crippen molar-refractivity contribution < 1.29 is 0 Å². The first kappa shape index (κ1) is 10.8. The summed E-state index contributed by atoms with van der Waals surface area (Å²) in [6.07, 6.45) is 2.62. The molecule has 2 rings (SSSR count). The molecule has 1 atom stereocenters. The highest BCUT2D eigenvalue weighted by atomic mass is 79.9. The molecule has 0 bridgehead atoms. The van der Waals surface area contributed by atoms with Crippen LogP contribution in [-0.4, -0.2) is 4.98 Å². The van der Waals surface area contributed by atoms with Gasteiger partial charge in [-0.1, -0.05) is 6.07 Å². The lowest BCUT2D eigenvalue weighted by atomic mass is 10.1. The van der Waals surface area contributed by atoms with E-state index in [-0.39, 0.29) is 6.04 Å². The minimum atomic E-state index is -0.0169. The van der Waals surface area contributed by atoms with Gasteiger partial charge in [0.15, 0.2) is 0 Å². The Hall–Kier alpha value is -0.710. The van der Waals surface area contributed by atoms with Crippen LogP contribution in [-0.2, 0) is 6.42 Å². The van der Waals surface area contributed by atoms with Crippen LogP contribution in [0.25, 0.3) is 0 Å². The Morgan fingerprint density at radius 1 is 1.47 bits per heavy atom. The Balaban J connectivity index is 2.07. The number of nitrogens with two attached hydrogens (primary N) is 1. The van der Waals surface area contributed by atoms with Gasteiger partial charge in [0.2, 0.25) is 0 Å². The Morgan fingerprint density at radius 2 is 2.33 bits per heavy atom. The van der Waals surface area contributed by atoms with Crippen molar-refractivity contribution in [1.29, 1.82) is 0 Å². The fourth-order valence-electron chi connectivity index (χ4n) is 1.38. The van der Waals surface area contributed by atoms with Crippen LogP contribution in [0.4, 0.5) is 0 Å². The van der Waals surface area contributed by atoms with Crippen LogP contribution in [0, 0.1) is 0 Å². The number of halogens is 1. The summed E-state index contributed by atoms with van der Waals surface area (Å²) in [5.74, 6) is 0. The first-order chi connectivity index (χ1) is 7.25. The number of hydrogen-bond acceptors (Lipinski definition) is 3. The van der Waals surface area contributed by atoms with Crippen LogP contribution in [0.15, 0.2) is 40.3 Å². The highest BCUT2D eigenvalue weighted by Crippen LogP contribution is 2.23. The fourth-order valence-corrected chi connectivity index (χ4v) is 2.89. The van der Waals surface area contributed by atoms with Gasteiger partial charge < -0.3 is 5.73 Å². The van der Waals surface area contributed by atoms with E-state index in [1.807, 2.05) is 18.2 Å². The van der Waals surface area contributed by atoms with Crippen molar-refractivity contribution in [3.05, 3.63) is 50.9 Å². The summed E-state index contributed by atoms with van der Waals surface area (Å²) < 4.78 is 1.12. The standard InChI is InChI=1S/C11H11BrN2S/c12-8-5-9(15-7-8)6-10(13)11-3-1-2-4-14-11/h1-5,7,10H,6,13H2. The predicted molar refractivity (Wildman–Crippen MR) is 66.9 cm³/mol. The number of rotatable bonds is 3. The summed E-state index contributed by atoms with van der Waals surface area (Å²) in [6.45, 7) is 0. The molecule has 0 aliphatic heterocycles. The quantitative estimate of drug-likeness (QED) is 0.939. The zero-order chi connectivity index (χ0) is 10.7. The molecular formula is C11H11BrN2S. The Morgan fingerprint density at radius 3 is 2.93 bits per heavy atom. The summed E-state index contributed by atoms with van der Waals surface area (Å²) in [5.41, 5.74) is 7.01. The predicted octanol–water partition coefficient (Wildman–Crippen LogP) is 3.15. The van der Waals surface area contributed by atoms with Gasteiger partial charge >= 0.3 is 0 Å². The van der Waals surface area contributed by atoms with Crippen molar-refractivity contribution in [1.82, 2.24) is 4.98 Å². The van der Waals surface area contributed by atoms with E-state index < -0.39 is 0 Å². The van der Waals surface area contributed by atoms with Gasteiger partial charge in [-0.15, -0.1) is 11.3 Å². The second kappa shape index (κ2) is 4.88. The van der Waals surface area contributed by atoms with Crippen LogP contribution in [0.3, 0.4) is 0 Å². The van der Waals surface area contributed by atoms with E-state index in [9.17, 15) is 0 Å². The van der Waals surface area contributed by atoms with Crippen LogP contribution >= 0.6 is 27.3 Å². The van der Waals surface area contributed by atoms with Crippen LogP contribution in [0.2, 0.25) is 0 Å². The van der Waals surface area contributed by atoms with Gasteiger partial charge in [0.05, 0.1) is 11.7 Å². The highest BCUT2D eigenvalue weighted by Gasteiger charge is 2.09. The largest absolute Gasteiger partial charge is 0.322 e. The molecule has 78 valence electrons. The van der Waals surface area contributed by atoms with Gasteiger partial charge in [-0.05, 0) is 34.1 Å². The molecule has 2 heterocycles. The van der Waals surface area contributed by atoms with E-state index in [4.69, 9.17) is 5.73 Å². The first-order valence-corrected chi connectivity index (χ1v) is 6.32. The molecule has 2 aromatic heterocycles. The first-order valence-electron chi connectivity index (χ1n) is 4.65. The molecule has 0 saturated heterocycles. The zero-order valence-corrected chi connectivity index (χ0v) is 10.5. The third kappa shape index (κ3) is 2.87. The maximum Gasteiger partial charge on any atom is 0.0574 e. The highest BCUT2D eigenvalue weighted by molar-refractivity contribution is 9.10. The van der Waals surface area contributed by atoms with Crippen molar-refractivity contribution in [2.24, 2.45) is 5.73 Å². The Labute approximate surface area is 101 Å². The molecule has 0 radical (unpaired) electrons. The van der Waals surface area contributed by atoms with Crippen molar-refractivity contribution in [2.75, 3.05) is 0 Å². The molecule has 0 spiro atoms. The summed E-state index contributed by atoms with van der Waals surface area (Å²) in [4.78, 5) is 5.53. The van der Waals surface area contributed by atoms with Gasteiger partial charge in [-0.3, -0.25) is 4.98 Å². The Kier molecular flexibility index (Phi) is 3.51. The normalized spacial score (nSPS) is 12.7. The smallest absolute Gasteiger partial charge is 0.0574 e. The molecule has 0 amide bonds. The minimum absolute atomic E-state index is 0.0169. The average molecular weight is 283 g/mol. The molecule has 2 nitrogen and oxygen atoms in total. The number of thiophene rings is 1. The number of aromatic nitrogens is 1. The van der Waals surface area contributed by atoms with Gasteiger partial charge in [-0.25, -0.2) is 0 Å². The Bertz CT molecular complexity index is 427. The lowest BCUT2D eigenvalue weighted by Crippen LogP contribution is -2.13. The molecule has 1 unspecified atom stereocenters. The topological polar surface area (TPSA) is 38.9 Å². The van der Waals surface area contributed by atoms with Gasteiger partial charge in [-0.2, -0.15) is 0 Å². The molecule has 0 fully saturated rings. The van der Waals surface area contributed by atoms with E-state index in [1.165, 1.54) is 4.88 Å². The molecule has 0 aliphatic carbocycles.